The summed E-state index contributed by atoms with van der Waals surface area (Å²) in [7, 11) is 1.55. The number of carbonyl (C=O) groups is 1. The number of rotatable bonds is 3. The summed E-state index contributed by atoms with van der Waals surface area (Å²) < 4.78 is 5.08. The number of nitrogens with one attached hydrogen (secondary N) is 1. The highest BCUT2D eigenvalue weighted by atomic mass is 35.5. The minimum Gasteiger partial charge on any atom is -0.375 e. The van der Waals surface area contributed by atoms with Gasteiger partial charge in [-0.3, -0.25) is 4.79 Å². The molecule has 2 heterocycles. The number of methoxy groups -OCH3 is 1. The van der Waals surface area contributed by atoms with Gasteiger partial charge >= 0.3 is 0 Å². The first-order chi connectivity index (χ1) is 12.2. The number of halogens is 1. The van der Waals surface area contributed by atoms with E-state index in [1.807, 2.05) is 35.2 Å². The monoisotopic (exact) mass is 354 g/mol. The molecular formula is C20H19ClN2O2. The van der Waals surface area contributed by atoms with Gasteiger partial charge in [-0.15, -0.1) is 0 Å². The molecule has 1 atom stereocenters. The van der Waals surface area contributed by atoms with Crippen molar-refractivity contribution in [2.75, 3.05) is 20.3 Å². The third-order valence-electron chi connectivity index (χ3n) is 4.81. The maximum Gasteiger partial charge on any atom is 0.249 e. The van der Waals surface area contributed by atoms with E-state index in [-0.39, 0.29) is 18.6 Å². The van der Waals surface area contributed by atoms with E-state index < -0.39 is 0 Å². The molecule has 0 saturated carbocycles. The molecule has 1 aliphatic heterocycles. The Kier molecular flexibility index (Phi) is 4.24. The van der Waals surface area contributed by atoms with E-state index in [1.165, 1.54) is 10.9 Å². The van der Waals surface area contributed by atoms with Crippen LogP contribution in [0.25, 0.3) is 10.9 Å². The first-order valence-corrected chi connectivity index (χ1v) is 8.70. The van der Waals surface area contributed by atoms with E-state index in [1.54, 1.807) is 7.11 Å². The lowest BCUT2D eigenvalue weighted by Gasteiger charge is -2.36. The number of ether oxygens (including phenoxy) is 1. The second kappa shape index (κ2) is 6.54. The Morgan fingerprint density at radius 2 is 2.00 bits per heavy atom. The van der Waals surface area contributed by atoms with Crippen molar-refractivity contribution in [1.29, 1.82) is 0 Å². The summed E-state index contributed by atoms with van der Waals surface area (Å²) in [5, 5.41) is 1.92. The van der Waals surface area contributed by atoms with Crippen molar-refractivity contribution in [3.63, 3.8) is 0 Å². The van der Waals surface area contributed by atoms with Crippen molar-refractivity contribution in [3.05, 3.63) is 70.4 Å². The van der Waals surface area contributed by atoms with E-state index in [2.05, 4.69) is 23.2 Å². The SMILES string of the molecule is COCC(=O)N1CCc2c([nH]c3ccccc23)[C@@H]1c1ccc(Cl)cc1. The number of hydrogen-bond acceptors (Lipinski definition) is 2. The number of carbonyl (C=O) groups excluding carboxylic acids is 1. The molecule has 0 aliphatic carbocycles. The second-order valence-corrected chi connectivity index (χ2v) is 6.72. The molecule has 0 bridgehead atoms. The molecular weight excluding hydrogens is 336 g/mol. The fourth-order valence-electron chi connectivity index (χ4n) is 3.71. The van der Waals surface area contributed by atoms with Crippen LogP contribution in [0.5, 0.6) is 0 Å². The maximum absolute atomic E-state index is 12.6. The molecule has 0 fully saturated rings. The van der Waals surface area contributed by atoms with Gasteiger partial charge in [0.05, 0.1) is 6.04 Å². The minimum absolute atomic E-state index is 0.00763. The summed E-state index contributed by atoms with van der Waals surface area (Å²) in [5.74, 6) is -0.00763. The van der Waals surface area contributed by atoms with Crippen LogP contribution < -0.4 is 0 Å². The van der Waals surface area contributed by atoms with Crippen LogP contribution in [0.1, 0.15) is 22.9 Å². The van der Waals surface area contributed by atoms with Crippen molar-refractivity contribution in [3.8, 4) is 0 Å². The molecule has 0 unspecified atom stereocenters. The third kappa shape index (κ3) is 2.81. The third-order valence-corrected chi connectivity index (χ3v) is 5.06. The predicted octanol–water partition coefficient (Wildman–Crippen LogP) is 3.94. The van der Waals surface area contributed by atoms with Crippen LogP contribution in [0.3, 0.4) is 0 Å². The van der Waals surface area contributed by atoms with Gasteiger partial charge in [0.15, 0.2) is 0 Å². The van der Waals surface area contributed by atoms with Crippen molar-refractivity contribution in [2.24, 2.45) is 0 Å². The van der Waals surface area contributed by atoms with Crippen LogP contribution in [-0.2, 0) is 16.0 Å². The Bertz CT molecular complexity index is 917. The standard InChI is InChI=1S/C20H19ClN2O2/c1-25-12-18(24)23-11-10-16-15-4-2-3-5-17(15)22-19(16)20(23)13-6-8-14(21)9-7-13/h2-9,20,22H,10-12H2,1H3/t20-/m0/s1. The molecule has 4 rings (SSSR count). The summed E-state index contributed by atoms with van der Waals surface area (Å²) in [6.07, 6.45) is 0.832. The Balaban J connectivity index is 1.87. The lowest BCUT2D eigenvalue weighted by atomic mass is 9.92. The number of para-hydroxylation sites is 1. The van der Waals surface area contributed by atoms with Crippen LogP contribution in [0.4, 0.5) is 0 Å². The molecule has 0 saturated heterocycles. The smallest absolute Gasteiger partial charge is 0.249 e. The van der Waals surface area contributed by atoms with Gasteiger partial charge in [-0.1, -0.05) is 41.9 Å². The highest BCUT2D eigenvalue weighted by Crippen LogP contribution is 2.38. The zero-order valence-corrected chi connectivity index (χ0v) is 14.7. The number of nitrogens with zero attached hydrogens (tertiary/aromatic N) is 1. The predicted molar refractivity (Wildman–Crippen MR) is 98.9 cm³/mol. The van der Waals surface area contributed by atoms with E-state index in [0.29, 0.717) is 11.6 Å². The number of fused-ring (bicyclic) bond motifs is 3. The van der Waals surface area contributed by atoms with Crippen molar-refractivity contribution >= 4 is 28.4 Å². The summed E-state index contributed by atoms with van der Waals surface area (Å²) in [6.45, 7) is 0.754. The minimum atomic E-state index is -0.156. The topological polar surface area (TPSA) is 45.3 Å². The molecule has 3 aromatic rings. The van der Waals surface area contributed by atoms with Crippen LogP contribution in [0.15, 0.2) is 48.5 Å². The molecule has 5 heteroatoms. The van der Waals surface area contributed by atoms with Gasteiger partial charge in [0.25, 0.3) is 0 Å². The van der Waals surface area contributed by atoms with E-state index in [4.69, 9.17) is 16.3 Å². The summed E-state index contributed by atoms with van der Waals surface area (Å²) in [4.78, 5) is 18.1. The molecule has 2 aromatic carbocycles. The lowest BCUT2D eigenvalue weighted by molar-refractivity contribution is -0.137. The molecule has 25 heavy (non-hydrogen) atoms. The molecule has 128 valence electrons. The first-order valence-electron chi connectivity index (χ1n) is 8.32. The van der Waals surface area contributed by atoms with Crippen LogP contribution in [0, 0.1) is 0 Å². The number of aromatic nitrogens is 1. The highest BCUT2D eigenvalue weighted by Gasteiger charge is 2.34. The molecule has 1 aromatic heterocycles. The number of hydrogen-bond donors (Lipinski definition) is 1. The summed E-state index contributed by atoms with van der Waals surface area (Å²) in [5.41, 5.74) is 4.52. The number of amides is 1. The lowest BCUT2D eigenvalue weighted by Crippen LogP contribution is -2.42. The van der Waals surface area contributed by atoms with Crippen molar-refractivity contribution in [1.82, 2.24) is 9.88 Å². The van der Waals surface area contributed by atoms with E-state index in [9.17, 15) is 4.79 Å². The zero-order chi connectivity index (χ0) is 17.4. The highest BCUT2D eigenvalue weighted by molar-refractivity contribution is 6.30. The molecule has 0 radical (unpaired) electrons. The van der Waals surface area contributed by atoms with E-state index >= 15 is 0 Å². The number of aromatic amines is 1. The first kappa shape index (κ1) is 16.2. The normalized spacial score (nSPS) is 16.9. The number of benzene rings is 2. The zero-order valence-electron chi connectivity index (χ0n) is 14.0. The Labute approximate surface area is 151 Å². The van der Waals surface area contributed by atoms with Crippen molar-refractivity contribution < 1.29 is 9.53 Å². The molecule has 1 aliphatic rings. The van der Waals surface area contributed by atoms with Gasteiger partial charge in [0.1, 0.15) is 6.61 Å². The molecule has 1 amide bonds. The van der Waals surface area contributed by atoms with Gasteiger partial charge in [-0.05, 0) is 35.7 Å². The second-order valence-electron chi connectivity index (χ2n) is 6.29. The fraction of sp³-hybridized carbons (Fsp3) is 0.250. The van der Waals surface area contributed by atoms with Gasteiger partial charge < -0.3 is 14.6 Å². The van der Waals surface area contributed by atoms with Gasteiger partial charge in [-0.2, -0.15) is 0 Å². The Hall–Kier alpha value is -2.30. The van der Waals surface area contributed by atoms with Crippen LogP contribution in [0.2, 0.25) is 5.02 Å². The summed E-state index contributed by atoms with van der Waals surface area (Å²) in [6, 6.07) is 15.8. The van der Waals surface area contributed by atoms with E-state index in [0.717, 1.165) is 23.2 Å². The van der Waals surface area contributed by atoms with Gasteiger partial charge in [0, 0.05) is 35.3 Å². The van der Waals surface area contributed by atoms with Gasteiger partial charge in [-0.25, -0.2) is 0 Å². The summed E-state index contributed by atoms with van der Waals surface area (Å²) >= 11 is 6.06. The molecule has 1 N–H and O–H groups in total. The maximum atomic E-state index is 12.6. The largest absolute Gasteiger partial charge is 0.375 e. The Morgan fingerprint density at radius 3 is 2.76 bits per heavy atom. The van der Waals surface area contributed by atoms with Gasteiger partial charge in [0.2, 0.25) is 5.91 Å². The number of H-pyrrole nitrogens is 1. The molecule has 0 spiro atoms. The van der Waals surface area contributed by atoms with Crippen molar-refractivity contribution in [2.45, 2.75) is 12.5 Å². The quantitative estimate of drug-likeness (QED) is 0.774. The van der Waals surface area contributed by atoms with Crippen LogP contribution >= 0.6 is 11.6 Å². The molecule has 4 nitrogen and oxygen atoms in total. The Morgan fingerprint density at radius 1 is 1.24 bits per heavy atom. The van der Waals surface area contributed by atoms with Crippen LogP contribution in [-0.4, -0.2) is 36.1 Å². The average Bonchev–Trinajstić information content (AvgIpc) is 3.00. The average molecular weight is 355 g/mol. The fourth-order valence-corrected chi connectivity index (χ4v) is 3.83.